The zero-order chi connectivity index (χ0) is 15.1. The number of hydrogen-bond acceptors (Lipinski definition) is 9. The molecule has 9 nitrogen and oxygen atoms in total. The maximum Gasteiger partial charge on any atom is 1.00 e. The van der Waals surface area contributed by atoms with Crippen LogP contribution in [0, 0.1) is 0 Å². The Morgan fingerprint density at radius 2 is 1.36 bits per heavy atom. The Labute approximate surface area is 194 Å². The molecule has 0 aliphatic heterocycles. The van der Waals surface area contributed by atoms with Gasteiger partial charge >= 0.3 is 88.7 Å². The van der Waals surface area contributed by atoms with Crippen LogP contribution in [0.3, 0.4) is 0 Å². The van der Waals surface area contributed by atoms with E-state index in [1.54, 1.807) is 0 Å². The van der Waals surface area contributed by atoms with Gasteiger partial charge in [0.15, 0.2) is 0 Å². The van der Waals surface area contributed by atoms with Gasteiger partial charge in [-0.05, 0) is 0 Å². The largest absolute Gasteiger partial charge is 1.00 e. The van der Waals surface area contributed by atoms with Gasteiger partial charge in [0.05, 0.1) is 12.6 Å². The summed E-state index contributed by atoms with van der Waals surface area (Å²) in [7, 11) is 0. The van der Waals surface area contributed by atoms with Crippen molar-refractivity contribution in [2.75, 3.05) is 26.2 Å². The fourth-order valence-electron chi connectivity index (χ4n) is 1.86. The topological polar surface area (TPSA) is 170 Å². The third kappa shape index (κ3) is 11.8. The van der Waals surface area contributed by atoms with E-state index in [0.29, 0.717) is 0 Å². The summed E-state index contributed by atoms with van der Waals surface area (Å²) in [6, 6.07) is 0. The molecule has 0 amide bonds. The molecule has 110 valence electrons. The van der Waals surface area contributed by atoms with Crippen molar-refractivity contribution < 1.29 is 123 Å². The Kier molecular flexibility index (Phi) is 22.3. The van der Waals surface area contributed by atoms with Crippen LogP contribution in [0.1, 0.15) is 12.8 Å². The third-order valence-electron chi connectivity index (χ3n) is 2.69. The average molecular weight is 344 g/mol. The van der Waals surface area contributed by atoms with Crippen LogP contribution in [-0.4, -0.2) is 59.7 Å². The molecule has 12 heteroatoms. The van der Waals surface area contributed by atoms with Crippen LogP contribution >= 0.6 is 0 Å². The molecule has 0 aromatic rings. The number of aliphatic hydroxyl groups excluding tert-OH is 1. The van der Waals surface area contributed by atoms with E-state index in [1.807, 2.05) is 0 Å². The molecule has 0 spiro atoms. The summed E-state index contributed by atoms with van der Waals surface area (Å²) in [4.78, 5) is 33.0. The molecule has 0 heterocycles. The van der Waals surface area contributed by atoms with Crippen LogP contribution in [0.5, 0.6) is 0 Å². The summed E-state index contributed by atoms with van der Waals surface area (Å²) in [6.07, 6.45) is -1.60. The summed E-state index contributed by atoms with van der Waals surface area (Å²) in [5.41, 5.74) is 3.68. The Morgan fingerprint density at radius 1 is 0.955 bits per heavy atom. The predicted octanol–water partition coefficient (Wildman–Crippen LogP) is -15.0. The second-order valence-electron chi connectivity index (χ2n) is 4.04. The van der Waals surface area contributed by atoms with Crippen LogP contribution in [0.15, 0.2) is 0 Å². The van der Waals surface area contributed by atoms with Gasteiger partial charge in [-0.1, -0.05) is 0 Å². The van der Waals surface area contributed by atoms with Crippen LogP contribution in [0.4, 0.5) is 0 Å². The van der Waals surface area contributed by atoms with Crippen molar-refractivity contribution in [3.8, 4) is 0 Å². The number of nitrogens with two attached hydrogens (primary N) is 1. The van der Waals surface area contributed by atoms with Crippen LogP contribution < -0.4 is 110 Å². The van der Waals surface area contributed by atoms with E-state index >= 15 is 0 Å². The van der Waals surface area contributed by atoms with E-state index in [4.69, 9.17) is 10.8 Å². The number of β-amino-alcohol motifs (C(OH)–C–C–N with tert-alkyl or cyclic N) is 1. The van der Waals surface area contributed by atoms with Gasteiger partial charge in [-0.25, -0.2) is 0 Å². The van der Waals surface area contributed by atoms with Crippen molar-refractivity contribution in [2.45, 2.75) is 18.4 Å². The summed E-state index contributed by atoms with van der Waals surface area (Å²) in [5, 5.41) is 40.9. The summed E-state index contributed by atoms with van der Waals surface area (Å²) in [5.74, 6) is -4.73. The summed E-state index contributed by atoms with van der Waals surface area (Å²) < 4.78 is 0. The first-order valence-corrected chi connectivity index (χ1v) is 5.43. The quantitative estimate of drug-likeness (QED) is 0.365. The number of carboxylic acid groups (broad SMARTS) is 3. The number of carbonyl (C=O) groups is 3. The molecule has 0 aromatic carbocycles. The number of carbonyl (C=O) groups excluding carboxylic acids is 3. The number of nitrogens with zero attached hydrogens (tertiary/aromatic N) is 1. The Hall–Kier alpha value is 1.29. The molecule has 0 aliphatic rings. The third-order valence-corrected chi connectivity index (χ3v) is 2.69. The van der Waals surface area contributed by atoms with E-state index in [2.05, 4.69) is 0 Å². The SMILES string of the molecule is NCC(CC(=O)[O-])(CC(=O)[O-])N(CCO)CC(=O)[O-].[Na+].[Na+].[Na+]. The first-order valence-electron chi connectivity index (χ1n) is 5.43. The van der Waals surface area contributed by atoms with Gasteiger partial charge < -0.3 is 40.5 Å². The summed E-state index contributed by atoms with van der Waals surface area (Å²) in [6.45, 7) is -2.00. The molecular weight excluding hydrogens is 329 g/mol. The van der Waals surface area contributed by atoms with Gasteiger partial charge in [0, 0.05) is 50.0 Å². The van der Waals surface area contributed by atoms with Gasteiger partial charge in [0.1, 0.15) is 0 Å². The Morgan fingerprint density at radius 3 is 1.59 bits per heavy atom. The standard InChI is InChI=1S/C10H18N2O7.3Na/c11-6-10(3-7(14)15,4-8(16)17)12(1-2-13)5-9(18)19;;;/h13H,1-6,11H2,(H,14,15)(H,16,17)(H,18,19);;;/q;3*+1/p-3. The molecular formula is C10H15N2Na3O7. The minimum atomic E-state index is -1.71. The second-order valence-corrected chi connectivity index (χ2v) is 4.04. The van der Waals surface area contributed by atoms with E-state index in [0.717, 1.165) is 4.90 Å². The minimum Gasteiger partial charge on any atom is -0.550 e. The molecule has 0 aliphatic carbocycles. The molecule has 0 saturated carbocycles. The van der Waals surface area contributed by atoms with Crippen molar-refractivity contribution >= 4 is 17.9 Å². The first kappa shape index (κ1) is 31.1. The monoisotopic (exact) mass is 344 g/mol. The first-order chi connectivity index (χ1) is 8.77. The maximum atomic E-state index is 10.7. The van der Waals surface area contributed by atoms with Crippen LogP contribution in [0.2, 0.25) is 0 Å². The van der Waals surface area contributed by atoms with Crippen molar-refractivity contribution in [2.24, 2.45) is 5.73 Å². The minimum absolute atomic E-state index is 0. The second kappa shape index (κ2) is 15.8. The normalized spacial score (nSPS) is 9.95. The molecule has 0 fully saturated rings. The number of aliphatic hydroxyl groups is 1. The zero-order valence-electron chi connectivity index (χ0n) is 13.2. The summed E-state index contributed by atoms with van der Waals surface area (Å²) >= 11 is 0. The number of hydrogen-bond donors (Lipinski definition) is 2. The van der Waals surface area contributed by atoms with E-state index in [-0.39, 0.29) is 95.2 Å². The molecule has 0 bridgehead atoms. The fourth-order valence-corrected chi connectivity index (χ4v) is 1.86. The molecule has 22 heavy (non-hydrogen) atoms. The molecule has 0 rings (SSSR count). The maximum absolute atomic E-state index is 10.7. The van der Waals surface area contributed by atoms with Gasteiger partial charge in [-0.15, -0.1) is 0 Å². The van der Waals surface area contributed by atoms with E-state index in [9.17, 15) is 29.7 Å². The van der Waals surface area contributed by atoms with Crippen molar-refractivity contribution in [1.82, 2.24) is 4.90 Å². The average Bonchev–Trinajstić information content (AvgIpc) is 2.25. The number of carboxylic acids is 3. The van der Waals surface area contributed by atoms with Gasteiger partial charge in [-0.3, -0.25) is 4.90 Å². The molecule has 0 saturated heterocycles. The number of rotatable bonds is 10. The van der Waals surface area contributed by atoms with E-state index in [1.165, 1.54) is 0 Å². The van der Waals surface area contributed by atoms with Crippen molar-refractivity contribution in [3.05, 3.63) is 0 Å². The van der Waals surface area contributed by atoms with E-state index < -0.39 is 56.0 Å². The van der Waals surface area contributed by atoms with Gasteiger partial charge in [0.2, 0.25) is 0 Å². The molecule has 0 radical (unpaired) electrons. The van der Waals surface area contributed by atoms with Gasteiger partial charge in [0.25, 0.3) is 0 Å². The fraction of sp³-hybridized carbons (Fsp3) is 0.700. The molecule has 0 unspecified atom stereocenters. The molecule has 0 aromatic heterocycles. The predicted molar refractivity (Wildman–Crippen MR) is 54.7 cm³/mol. The number of aliphatic carboxylic acids is 3. The van der Waals surface area contributed by atoms with Gasteiger partial charge in [-0.2, -0.15) is 0 Å². The van der Waals surface area contributed by atoms with Crippen molar-refractivity contribution in [3.63, 3.8) is 0 Å². The molecule has 3 N–H and O–H groups in total. The van der Waals surface area contributed by atoms with Crippen LogP contribution in [0.25, 0.3) is 0 Å². The zero-order valence-corrected chi connectivity index (χ0v) is 19.2. The Bertz CT molecular complexity index is 341. The Balaban J connectivity index is -0.000000540. The smallest absolute Gasteiger partial charge is 0.550 e. The van der Waals surface area contributed by atoms with Crippen molar-refractivity contribution in [1.29, 1.82) is 0 Å². The molecule has 0 atom stereocenters. The van der Waals surface area contributed by atoms with Crippen LogP contribution in [-0.2, 0) is 14.4 Å².